The number of carbonyl (C=O) groups is 2. The second kappa shape index (κ2) is 5.38. The monoisotopic (exact) mass is 265 g/mol. The number of likely N-dealkylation sites (tertiary alicyclic amines) is 1. The number of carbonyl (C=O) groups excluding carboxylic acids is 1. The summed E-state index contributed by atoms with van der Waals surface area (Å²) in [4.78, 5) is 24.2. The van der Waals surface area contributed by atoms with Gasteiger partial charge in [-0.3, -0.25) is 4.79 Å². The van der Waals surface area contributed by atoms with Crippen molar-refractivity contribution in [2.75, 3.05) is 6.54 Å². The van der Waals surface area contributed by atoms with Crippen LogP contribution >= 0.6 is 0 Å². The van der Waals surface area contributed by atoms with E-state index in [9.17, 15) is 19.8 Å². The van der Waals surface area contributed by atoms with Crippen molar-refractivity contribution >= 4 is 11.9 Å². The van der Waals surface area contributed by atoms with Crippen molar-refractivity contribution in [2.45, 2.75) is 24.7 Å². The molecular weight excluding hydrogens is 250 g/mol. The molecule has 0 radical (unpaired) electrons. The fourth-order valence-corrected chi connectivity index (χ4v) is 2.23. The summed E-state index contributed by atoms with van der Waals surface area (Å²) in [5.41, 5.74) is 0.401. The number of carboxylic acid groups (broad SMARTS) is 1. The van der Waals surface area contributed by atoms with Gasteiger partial charge in [0.25, 0.3) is 5.91 Å². The quantitative estimate of drug-likeness (QED) is 0.701. The van der Waals surface area contributed by atoms with Gasteiger partial charge in [-0.2, -0.15) is 0 Å². The first kappa shape index (κ1) is 13.5. The molecule has 1 fully saturated rings. The van der Waals surface area contributed by atoms with Crippen LogP contribution in [-0.4, -0.2) is 50.8 Å². The van der Waals surface area contributed by atoms with Gasteiger partial charge >= 0.3 is 5.97 Å². The number of amides is 1. The number of carboxylic acids is 1. The molecule has 1 amide bonds. The van der Waals surface area contributed by atoms with E-state index in [1.165, 1.54) is 0 Å². The molecule has 0 saturated carbocycles. The van der Waals surface area contributed by atoms with Crippen LogP contribution in [0, 0.1) is 0 Å². The number of hydrogen-bond acceptors (Lipinski definition) is 4. The fourth-order valence-electron chi connectivity index (χ4n) is 2.23. The number of rotatable bonds is 3. The molecule has 1 aromatic carbocycles. The van der Waals surface area contributed by atoms with Gasteiger partial charge in [0.1, 0.15) is 6.04 Å². The predicted octanol–water partition coefficient (Wildman–Crippen LogP) is -0.234. The Morgan fingerprint density at radius 2 is 1.89 bits per heavy atom. The Bertz CT molecular complexity index is 475. The fraction of sp³-hybridized carbons (Fsp3) is 0.385. The van der Waals surface area contributed by atoms with Gasteiger partial charge < -0.3 is 20.2 Å². The highest BCUT2D eigenvalue weighted by Gasteiger charge is 2.41. The lowest BCUT2D eigenvalue weighted by Gasteiger charge is -2.24. The van der Waals surface area contributed by atoms with Crippen LogP contribution in [0.1, 0.15) is 18.1 Å². The van der Waals surface area contributed by atoms with Gasteiger partial charge in [-0.05, 0) is 5.56 Å². The van der Waals surface area contributed by atoms with Crippen LogP contribution in [-0.2, 0) is 9.59 Å². The maximum absolute atomic E-state index is 12.1. The van der Waals surface area contributed by atoms with Gasteiger partial charge in [0.2, 0.25) is 0 Å². The van der Waals surface area contributed by atoms with Crippen LogP contribution in [0.3, 0.4) is 0 Å². The molecule has 6 nitrogen and oxygen atoms in total. The van der Waals surface area contributed by atoms with Crippen molar-refractivity contribution in [1.82, 2.24) is 4.90 Å². The summed E-state index contributed by atoms with van der Waals surface area (Å²) in [5.74, 6) is -1.87. The van der Waals surface area contributed by atoms with E-state index in [1.54, 1.807) is 30.3 Å². The molecule has 3 N–H and O–H groups in total. The third-order valence-electron chi connectivity index (χ3n) is 3.20. The van der Waals surface area contributed by atoms with E-state index in [1.807, 2.05) is 0 Å². The normalized spacial score (nSPS) is 24.2. The van der Waals surface area contributed by atoms with E-state index < -0.39 is 30.1 Å². The zero-order chi connectivity index (χ0) is 14.0. The molecule has 102 valence electrons. The Kier molecular flexibility index (Phi) is 3.82. The highest BCUT2D eigenvalue weighted by molar-refractivity contribution is 5.87. The molecule has 0 bridgehead atoms. The average Bonchev–Trinajstić information content (AvgIpc) is 2.80. The summed E-state index contributed by atoms with van der Waals surface area (Å²) in [6.45, 7) is -0.0697. The maximum Gasteiger partial charge on any atom is 0.326 e. The van der Waals surface area contributed by atoms with E-state index in [2.05, 4.69) is 0 Å². The van der Waals surface area contributed by atoms with E-state index in [-0.39, 0.29) is 13.0 Å². The maximum atomic E-state index is 12.1. The molecule has 3 atom stereocenters. The second-order valence-electron chi connectivity index (χ2n) is 4.55. The van der Waals surface area contributed by atoms with Gasteiger partial charge in [0.05, 0.1) is 6.10 Å². The van der Waals surface area contributed by atoms with Crippen molar-refractivity contribution in [3.8, 4) is 0 Å². The molecule has 1 saturated heterocycles. The lowest BCUT2D eigenvalue weighted by Crippen LogP contribution is -2.43. The smallest absolute Gasteiger partial charge is 0.326 e. The minimum Gasteiger partial charge on any atom is -0.480 e. The molecule has 6 heteroatoms. The first-order valence-electron chi connectivity index (χ1n) is 5.95. The van der Waals surface area contributed by atoms with Crippen molar-refractivity contribution in [2.24, 2.45) is 0 Å². The number of benzene rings is 1. The summed E-state index contributed by atoms with van der Waals surface area (Å²) in [6.07, 6.45) is -2.29. The zero-order valence-electron chi connectivity index (χ0n) is 10.1. The SMILES string of the molecule is O=C(O)[C@H]1C[C@@H](O)CN1C(=O)C(O)c1ccccc1. The minimum absolute atomic E-state index is 0.0113. The van der Waals surface area contributed by atoms with Crippen LogP contribution in [0.5, 0.6) is 0 Å². The molecule has 1 aliphatic rings. The number of β-amino-alcohol motifs (C(OH)–C–C–N with tert-alkyl or cyclic N) is 1. The first-order chi connectivity index (χ1) is 9.00. The third kappa shape index (κ3) is 2.74. The molecule has 2 rings (SSSR count). The highest BCUT2D eigenvalue weighted by Crippen LogP contribution is 2.23. The highest BCUT2D eigenvalue weighted by atomic mass is 16.4. The zero-order valence-corrected chi connectivity index (χ0v) is 10.1. The van der Waals surface area contributed by atoms with E-state index in [4.69, 9.17) is 5.11 Å². The molecule has 1 unspecified atom stereocenters. The number of aliphatic carboxylic acids is 1. The summed E-state index contributed by atoms with van der Waals surface area (Å²) in [5, 5.41) is 28.5. The Morgan fingerprint density at radius 1 is 1.26 bits per heavy atom. The molecule has 0 aromatic heterocycles. The minimum atomic E-state index is -1.41. The van der Waals surface area contributed by atoms with Gasteiger partial charge in [-0.1, -0.05) is 30.3 Å². The molecule has 0 spiro atoms. The number of hydrogen-bond donors (Lipinski definition) is 3. The van der Waals surface area contributed by atoms with Gasteiger partial charge in [0, 0.05) is 13.0 Å². The number of nitrogens with zero attached hydrogens (tertiary/aromatic N) is 1. The van der Waals surface area contributed by atoms with Crippen molar-refractivity contribution < 1.29 is 24.9 Å². The van der Waals surface area contributed by atoms with Crippen molar-refractivity contribution in [3.05, 3.63) is 35.9 Å². The van der Waals surface area contributed by atoms with Gasteiger partial charge in [0.15, 0.2) is 6.10 Å². The van der Waals surface area contributed by atoms with Crippen LogP contribution in [0.4, 0.5) is 0 Å². The summed E-state index contributed by atoms with van der Waals surface area (Å²) >= 11 is 0. The predicted molar refractivity (Wildman–Crippen MR) is 65.2 cm³/mol. The lowest BCUT2D eigenvalue weighted by atomic mass is 10.1. The largest absolute Gasteiger partial charge is 0.480 e. The number of aliphatic hydroxyl groups excluding tert-OH is 2. The van der Waals surface area contributed by atoms with Crippen LogP contribution in [0.25, 0.3) is 0 Å². The van der Waals surface area contributed by atoms with Crippen LogP contribution in [0.2, 0.25) is 0 Å². The average molecular weight is 265 g/mol. The molecule has 1 aromatic rings. The molecule has 1 aliphatic heterocycles. The van der Waals surface area contributed by atoms with E-state index in [0.29, 0.717) is 5.56 Å². The van der Waals surface area contributed by atoms with Gasteiger partial charge in [-0.15, -0.1) is 0 Å². The lowest BCUT2D eigenvalue weighted by molar-refractivity contribution is -0.152. The molecule has 1 heterocycles. The van der Waals surface area contributed by atoms with Gasteiger partial charge in [-0.25, -0.2) is 4.79 Å². The van der Waals surface area contributed by atoms with Crippen molar-refractivity contribution in [1.29, 1.82) is 0 Å². The Labute approximate surface area is 109 Å². The Morgan fingerprint density at radius 3 is 2.47 bits per heavy atom. The van der Waals surface area contributed by atoms with Crippen molar-refractivity contribution in [3.63, 3.8) is 0 Å². The third-order valence-corrected chi connectivity index (χ3v) is 3.20. The molecule has 0 aliphatic carbocycles. The Hall–Kier alpha value is -1.92. The second-order valence-corrected chi connectivity index (χ2v) is 4.55. The topological polar surface area (TPSA) is 98.1 Å². The Balaban J connectivity index is 2.17. The summed E-state index contributed by atoms with van der Waals surface area (Å²) in [6, 6.07) is 7.20. The summed E-state index contributed by atoms with van der Waals surface area (Å²) in [7, 11) is 0. The molecular formula is C13H15NO5. The number of aliphatic hydroxyl groups is 2. The summed E-state index contributed by atoms with van der Waals surface area (Å²) < 4.78 is 0. The van der Waals surface area contributed by atoms with Crippen LogP contribution in [0.15, 0.2) is 30.3 Å². The van der Waals surface area contributed by atoms with Crippen LogP contribution < -0.4 is 0 Å². The van der Waals surface area contributed by atoms with E-state index >= 15 is 0 Å². The standard InChI is InChI=1S/C13H15NO5/c15-9-6-10(13(18)19)14(7-9)12(17)11(16)8-4-2-1-3-5-8/h1-5,9-11,15-16H,6-7H2,(H,18,19)/t9-,10-,11?/m1/s1. The molecule has 19 heavy (non-hydrogen) atoms. The van der Waals surface area contributed by atoms with E-state index in [0.717, 1.165) is 4.90 Å². The first-order valence-corrected chi connectivity index (χ1v) is 5.95.